The van der Waals surface area contributed by atoms with Gasteiger partial charge in [-0.3, -0.25) is 4.98 Å². The van der Waals surface area contributed by atoms with Crippen LogP contribution in [0.2, 0.25) is 0 Å². The molecule has 14 heavy (non-hydrogen) atoms. The van der Waals surface area contributed by atoms with Crippen LogP contribution in [0.1, 0.15) is 19.4 Å². The zero-order valence-electron chi connectivity index (χ0n) is 9.17. The summed E-state index contributed by atoms with van der Waals surface area (Å²) in [7, 11) is 1.98. The number of likely N-dealkylation sites (N-methyl/N-ethyl adjacent to an activating group) is 1. The second kappa shape index (κ2) is 5.08. The Kier molecular flexibility index (Phi) is 4.04. The van der Waals surface area contributed by atoms with Crippen LogP contribution in [0.25, 0.3) is 0 Å². The van der Waals surface area contributed by atoms with Gasteiger partial charge in [0.1, 0.15) is 0 Å². The first-order valence-corrected chi connectivity index (χ1v) is 4.92. The van der Waals surface area contributed by atoms with E-state index in [0.29, 0.717) is 0 Å². The molecule has 0 aliphatic carbocycles. The number of nitrogens with zero attached hydrogens (tertiary/aromatic N) is 1. The Morgan fingerprint density at radius 2 is 2.21 bits per heavy atom. The molecular formula is C11H19N3. The summed E-state index contributed by atoms with van der Waals surface area (Å²) in [4.78, 5) is 4.06. The number of aromatic nitrogens is 1. The monoisotopic (exact) mass is 193 g/mol. The number of pyridine rings is 1. The van der Waals surface area contributed by atoms with Gasteiger partial charge in [-0.1, -0.05) is 6.07 Å². The molecule has 1 aromatic rings. The Bertz CT molecular complexity index is 256. The van der Waals surface area contributed by atoms with Crippen LogP contribution in [0.15, 0.2) is 24.5 Å². The standard InChI is InChI=1S/C11H19N3/c1-11(2,12-3)9-14-8-10-5-4-6-13-7-10/h4-7,12,14H,8-9H2,1-3H3. The Balaban J connectivity index is 2.29. The molecule has 0 aromatic carbocycles. The van der Waals surface area contributed by atoms with Crippen molar-refractivity contribution in [1.82, 2.24) is 15.6 Å². The van der Waals surface area contributed by atoms with Gasteiger partial charge in [-0.15, -0.1) is 0 Å². The minimum Gasteiger partial charge on any atom is -0.314 e. The molecule has 0 fully saturated rings. The van der Waals surface area contributed by atoms with Crippen molar-refractivity contribution >= 4 is 0 Å². The predicted molar refractivity (Wildman–Crippen MR) is 59.1 cm³/mol. The van der Waals surface area contributed by atoms with Crippen LogP contribution in [0, 0.1) is 0 Å². The van der Waals surface area contributed by atoms with E-state index in [0.717, 1.165) is 13.1 Å². The highest BCUT2D eigenvalue weighted by atomic mass is 15.0. The van der Waals surface area contributed by atoms with E-state index in [1.165, 1.54) is 5.56 Å². The van der Waals surface area contributed by atoms with Crippen molar-refractivity contribution in [1.29, 1.82) is 0 Å². The molecule has 0 spiro atoms. The Morgan fingerprint density at radius 3 is 2.79 bits per heavy atom. The first kappa shape index (κ1) is 11.1. The molecule has 3 heteroatoms. The second-order valence-corrected chi connectivity index (χ2v) is 4.10. The van der Waals surface area contributed by atoms with Crippen LogP contribution in [-0.2, 0) is 6.54 Å². The third-order valence-electron chi connectivity index (χ3n) is 2.30. The highest BCUT2D eigenvalue weighted by molar-refractivity contribution is 5.07. The summed E-state index contributed by atoms with van der Waals surface area (Å²) < 4.78 is 0. The Hall–Kier alpha value is -0.930. The molecule has 1 aromatic heterocycles. The number of hydrogen-bond donors (Lipinski definition) is 2. The molecule has 1 heterocycles. The van der Waals surface area contributed by atoms with E-state index in [-0.39, 0.29) is 5.54 Å². The Labute approximate surface area is 85.9 Å². The summed E-state index contributed by atoms with van der Waals surface area (Å²) in [5.41, 5.74) is 1.36. The molecule has 0 aliphatic heterocycles. The lowest BCUT2D eigenvalue weighted by molar-refractivity contribution is 0.393. The quantitative estimate of drug-likeness (QED) is 0.737. The average Bonchev–Trinajstić information content (AvgIpc) is 2.19. The molecule has 0 amide bonds. The van der Waals surface area contributed by atoms with E-state index in [4.69, 9.17) is 0 Å². The van der Waals surface area contributed by atoms with Gasteiger partial charge in [0.15, 0.2) is 0 Å². The van der Waals surface area contributed by atoms with E-state index in [9.17, 15) is 0 Å². The van der Waals surface area contributed by atoms with Gasteiger partial charge in [-0.05, 0) is 32.5 Å². The van der Waals surface area contributed by atoms with E-state index in [1.807, 2.05) is 19.3 Å². The molecule has 0 bridgehead atoms. The summed E-state index contributed by atoms with van der Waals surface area (Å²) in [5.74, 6) is 0. The van der Waals surface area contributed by atoms with Gasteiger partial charge in [0.25, 0.3) is 0 Å². The lowest BCUT2D eigenvalue weighted by Gasteiger charge is -2.24. The largest absolute Gasteiger partial charge is 0.314 e. The number of rotatable bonds is 5. The fourth-order valence-electron chi connectivity index (χ4n) is 1.11. The molecule has 2 N–H and O–H groups in total. The summed E-state index contributed by atoms with van der Waals surface area (Å²) >= 11 is 0. The molecule has 0 saturated carbocycles. The number of hydrogen-bond acceptors (Lipinski definition) is 3. The van der Waals surface area contributed by atoms with Crippen molar-refractivity contribution in [3.8, 4) is 0 Å². The molecule has 3 nitrogen and oxygen atoms in total. The lowest BCUT2D eigenvalue weighted by atomic mass is 10.1. The van der Waals surface area contributed by atoms with Crippen molar-refractivity contribution in [2.75, 3.05) is 13.6 Å². The first-order valence-electron chi connectivity index (χ1n) is 4.92. The molecular weight excluding hydrogens is 174 g/mol. The van der Waals surface area contributed by atoms with Crippen LogP contribution in [0.3, 0.4) is 0 Å². The van der Waals surface area contributed by atoms with Crippen LogP contribution in [-0.4, -0.2) is 24.1 Å². The molecule has 0 unspecified atom stereocenters. The summed E-state index contributed by atoms with van der Waals surface area (Å²) in [5, 5.41) is 6.64. The molecule has 0 radical (unpaired) electrons. The highest BCUT2D eigenvalue weighted by Crippen LogP contribution is 1.99. The van der Waals surface area contributed by atoms with Crippen molar-refractivity contribution in [2.24, 2.45) is 0 Å². The topological polar surface area (TPSA) is 37.0 Å². The van der Waals surface area contributed by atoms with Crippen LogP contribution < -0.4 is 10.6 Å². The average molecular weight is 193 g/mol. The third-order valence-corrected chi connectivity index (χ3v) is 2.30. The predicted octanol–water partition coefficient (Wildman–Crippen LogP) is 1.17. The highest BCUT2D eigenvalue weighted by Gasteiger charge is 2.12. The van der Waals surface area contributed by atoms with E-state index < -0.39 is 0 Å². The van der Waals surface area contributed by atoms with Crippen LogP contribution >= 0.6 is 0 Å². The van der Waals surface area contributed by atoms with Gasteiger partial charge in [0, 0.05) is 31.0 Å². The van der Waals surface area contributed by atoms with Crippen molar-refractivity contribution in [3.05, 3.63) is 30.1 Å². The molecule has 0 atom stereocenters. The molecule has 1 rings (SSSR count). The van der Waals surface area contributed by atoms with Crippen molar-refractivity contribution < 1.29 is 0 Å². The molecule has 78 valence electrons. The minimum absolute atomic E-state index is 0.141. The van der Waals surface area contributed by atoms with Gasteiger partial charge >= 0.3 is 0 Å². The number of nitrogens with one attached hydrogen (secondary N) is 2. The van der Waals surface area contributed by atoms with Gasteiger partial charge in [0.2, 0.25) is 0 Å². The summed E-state index contributed by atoms with van der Waals surface area (Å²) in [6.45, 7) is 6.16. The van der Waals surface area contributed by atoms with Gasteiger partial charge < -0.3 is 10.6 Å². The van der Waals surface area contributed by atoms with Gasteiger partial charge in [-0.2, -0.15) is 0 Å². The molecule has 0 aliphatic rings. The zero-order chi connectivity index (χ0) is 10.4. The fraction of sp³-hybridized carbons (Fsp3) is 0.545. The smallest absolute Gasteiger partial charge is 0.0312 e. The van der Waals surface area contributed by atoms with Crippen LogP contribution in [0.5, 0.6) is 0 Å². The Morgan fingerprint density at radius 1 is 1.43 bits per heavy atom. The van der Waals surface area contributed by atoms with Crippen molar-refractivity contribution in [3.63, 3.8) is 0 Å². The maximum Gasteiger partial charge on any atom is 0.0312 e. The van der Waals surface area contributed by atoms with Crippen molar-refractivity contribution in [2.45, 2.75) is 25.9 Å². The van der Waals surface area contributed by atoms with Gasteiger partial charge in [0.05, 0.1) is 0 Å². The third kappa shape index (κ3) is 3.85. The summed E-state index contributed by atoms with van der Waals surface area (Å²) in [6, 6.07) is 4.03. The summed E-state index contributed by atoms with van der Waals surface area (Å²) in [6.07, 6.45) is 3.68. The van der Waals surface area contributed by atoms with Gasteiger partial charge in [-0.25, -0.2) is 0 Å². The maximum absolute atomic E-state index is 4.06. The minimum atomic E-state index is 0.141. The van der Waals surface area contributed by atoms with E-state index in [2.05, 4.69) is 35.5 Å². The zero-order valence-corrected chi connectivity index (χ0v) is 9.17. The SMILES string of the molecule is CNC(C)(C)CNCc1cccnc1. The van der Waals surface area contributed by atoms with E-state index >= 15 is 0 Å². The first-order chi connectivity index (χ1) is 6.64. The van der Waals surface area contributed by atoms with E-state index in [1.54, 1.807) is 6.20 Å². The normalized spacial score (nSPS) is 11.6. The second-order valence-electron chi connectivity index (χ2n) is 4.10. The lowest BCUT2D eigenvalue weighted by Crippen LogP contribution is -2.45. The van der Waals surface area contributed by atoms with Crippen LogP contribution in [0.4, 0.5) is 0 Å². The molecule has 0 saturated heterocycles. The maximum atomic E-state index is 4.06. The fourth-order valence-corrected chi connectivity index (χ4v) is 1.11.